The molecule has 0 aliphatic carbocycles. The number of allylic oxidation sites excluding steroid dienone is 1. The van der Waals surface area contributed by atoms with Gasteiger partial charge in [-0.25, -0.2) is 0 Å². The molecule has 0 radical (unpaired) electrons. The first-order valence-corrected chi connectivity index (χ1v) is 3.19. The van der Waals surface area contributed by atoms with E-state index in [4.69, 9.17) is 10.2 Å². The summed E-state index contributed by atoms with van der Waals surface area (Å²) in [6, 6.07) is 0. The van der Waals surface area contributed by atoms with Crippen molar-refractivity contribution < 1.29 is 15.0 Å². The molecule has 0 atom stereocenters. The lowest BCUT2D eigenvalue weighted by molar-refractivity contribution is -0.120. The summed E-state index contributed by atoms with van der Waals surface area (Å²) in [6.07, 6.45) is 4.19. The summed E-state index contributed by atoms with van der Waals surface area (Å²) in [4.78, 5) is 10.4. The molecule has 2 N–H and O–H groups in total. The van der Waals surface area contributed by atoms with Crippen LogP contribution in [0, 0.1) is 0 Å². The second-order valence-corrected chi connectivity index (χ2v) is 1.88. The van der Waals surface area contributed by atoms with E-state index in [1.807, 2.05) is 0 Å². The van der Waals surface area contributed by atoms with Gasteiger partial charge >= 0.3 is 0 Å². The third kappa shape index (κ3) is 5.47. The van der Waals surface area contributed by atoms with E-state index in [1.165, 1.54) is 0 Å². The Morgan fingerprint density at radius 1 is 1.30 bits per heavy atom. The molecule has 0 spiro atoms. The molecule has 0 heterocycles. The molecule has 0 saturated carbocycles. The van der Waals surface area contributed by atoms with Gasteiger partial charge in [-0.2, -0.15) is 0 Å². The van der Waals surface area contributed by atoms with E-state index < -0.39 is 6.61 Å². The van der Waals surface area contributed by atoms with Crippen molar-refractivity contribution in [3.63, 3.8) is 0 Å². The Hall–Kier alpha value is -0.670. The summed E-state index contributed by atoms with van der Waals surface area (Å²) in [7, 11) is 0. The van der Waals surface area contributed by atoms with Crippen molar-refractivity contribution in [2.75, 3.05) is 13.2 Å². The molecule has 0 fully saturated rings. The van der Waals surface area contributed by atoms with Crippen molar-refractivity contribution in [1.29, 1.82) is 0 Å². The first kappa shape index (κ1) is 9.33. The maximum Gasteiger partial charge on any atom is 0.161 e. The van der Waals surface area contributed by atoms with Crippen LogP contribution in [0.5, 0.6) is 0 Å². The normalized spacial score (nSPS) is 10.6. The zero-order valence-corrected chi connectivity index (χ0v) is 5.79. The quantitative estimate of drug-likeness (QED) is 0.529. The Kier molecular flexibility index (Phi) is 6.02. The highest BCUT2D eigenvalue weighted by Crippen LogP contribution is 1.87. The number of carbonyl (C=O) groups excluding carboxylic acids is 1. The van der Waals surface area contributed by atoms with E-state index in [0.29, 0.717) is 6.42 Å². The molecule has 0 aliphatic heterocycles. The van der Waals surface area contributed by atoms with Gasteiger partial charge in [0.2, 0.25) is 0 Å². The number of aliphatic hydroxyl groups excluding tert-OH is 2. The molecule has 0 amide bonds. The van der Waals surface area contributed by atoms with Crippen LogP contribution in [0.1, 0.15) is 12.8 Å². The van der Waals surface area contributed by atoms with Crippen LogP contribution in [0.15, 0.2) is 12.2 Å². The Labute approximate surface area is 60.0 Å². The van der Waals surface area contributed by atoms with Gasteiger partial charge in [-0.1, -0.05) is 12.2 Å². The highest BCUT2D eigenvalue weighted by molar-refractivity contribution is 5.80. The first-order valence-electron chi connectivity index (χ1n) is 3.19. The Bertz CT molecular complexity index is 118. The Morgan fingerprint density at radius 2 is 2.00 bits per heavy atom. The maximum absolute atomic E-state index is 10.4. The fraction of sp³-hybridized carbons (Fsp3) is 0.571. The average molecular weight is 144 g/mol. The van der Waals surface area contributed by atoms with Crippen molar-refractivity contribution >= 4 is 5.78 Å². The maximum atomic E-state index is 10.4. The van der Waals surface area contributed by atoms with Crippen LogP contribution in [0.4, 0.5) is 0 Å². The number of carbonyl (C=O) groups is 1. The molecular formula is C7H12O3. The molecule has 0 saturated heterocycles. The van der Waals surface area contributed by atoms with E-state index in [-0.39, 0.29) is 18.8 Å². The number of hydrogen-bond acceptors (Lipinski definition) is 3. The number of hydrogen-bond donors (Lipinski definition) is 2. The summed E-state index contributed by atoms with van der Waals surface area (Å²) >= 11 is 0. The minimum Gasteiger partial charge on any atom is -0.396 e. The molecule has 0 rings (SSSR count). The smallest absolute Gasteiger partial charge is 0.161 e. The number of Topliss-reactive ketones (excluding diaryl/α,β-unsaturated/α-hetero) is 1. The van der Waals surface area contributed by atoms with Gasteiger partial charge in [-0.05, 0) is 6.42 Å². The minimum absolute atomic E-state index is 0.101. The van der Waals surface area contributed by atoms with E-state index in [1.54, 1.807) is 12.2 Å². The van der Waals surface area contributed by atoms with Crippen LogP contribution in [-0.2, 0) is 4.79 Å². The fourth-order valence-corrected chi connectivity index (χ4v) is 0.472. The standard InChI is InChI=1S/C7H12O3/c8-5-3-1-2-4-7(10)6-9/h1-2,8-9H,3-6H2. The Balaban J connectivity index is 3.25. The third-order valence-corrected chi connectivity index (χ3v) is 0.984. The van der Waals surface area contributed by atoms with Gasteiger partial charge < -0.3 is 10.2 Å². The number of ketones is 1. The predicted octanol–water partition coefficient (Wildman–Crippen LogP) is -0.123. The second kappa shape index (κ2) is 6.45. The van der Waals surface area contributed by atoms with Gasteiger partial charge in [0.15, 0.2) is 5.78 Å². The van der Waals surface area contributed by atoms with Crippen LogP contribution in [0.25, 0.3) is 0 Å². The van der Waals surface area contributed by atoms with Crippen molar-refractivity contribution in [2.24, 2.45) is 0 Å². The van der Waals surface area contributed by atoms with Crippen molar-refractivity contribution in [3.05, 3.63) is 12.2 Å². The van der Waals surface area contributed by atoms with E-state index in [9.17, 15) is 4.79 Å². The SMILES string of the molecule is O=C(CO)CC=CCCO. The van der Waals surface area contributed by atoms with E-state index in [2.05, 4.69) is 0 Å². The summed E-state index contributed by atoms with van der Waals surface area (Å²) in [6.45, 7) is -0.298. The van der Waals surface area contributed by atoms with Gasteiger partial charge in [0.05, 0.1) is 0 Å². The van der Waals surface area contributed by atoms with Crippen LogP contribution >= 0.6 is 0 Å². The van der Waals surface area contributed by atoms with E-state index >= 15 is 0 Å². The lowest BCUT2D eigenvalue weighted by atomic mass is 10.2. The average Bonchev–Trinajstić information content (AvgIpc) is 1.98. The molecule has 10 heavy (non-hydrogen) atoms. The van der Waals surface area contributed by atoms with Crippen LogP contribution in [0.2, 0.25) is 0 Å². The molecule has 58 valence electrons. The van der Waals surface area contributed by atoms with Crippen LogP contribution in [-0.4, -0.2) is 29.2 Å². The molecule has 0 bridgehead atoms. The largest absolute Gasteiger partial charge is 0.396 e. The molecule has 0 unspecified atom stereocenters. The van der Waals surface area contributed by atoms with Crippen molar-refractivity contribution in [2.45, 2.75) is 12.8 Å². The Morgan fingerprint density at radius 3 is 2.50 bits per heavy atom. The zero-order chi connectivity index (χ0) is 7.82. The number of rotatable bonds is 5. The van der Waals surface area contributed by atoms with Gasteiger partial charge in [0, 0.05) is 13.0 Å². The van der Waals surface area contributed by atoms with Gasteiger partial charge in [0.1, 0.15) is 6.61 Å². The minimum atomic E-state index is -0.399. The van der Waals surface area contributed by atoms with Crippen LogP contribution in [0.3, 0.4) is 0 Å². The molecule has 0 aliphatic rings. The molecule has 0 aromatic heterocycles. The highest BCUT2D eigenvalue weighted by atomic mass is 16.3. The van der Waals surface area contributed by atoms with Gasteiger partial charge in [0.25, 0.3) is 0 Å². The molecule has 3 nitrogen and oxygen atoms in total. The highest BCUT2D eigenvalue weighted by Gasteiger charge is 1.92. The predicted molar refractivity (Wildman–Crippen MR) is 37.6 cm³/mol. The van der Waals surface area contributed by atoms with Crippen molar-refractivity contribution in [1.82, 2.24) is 0 Å². The lowest BCUT2D eigenvalue weighted by Crippen LogP contribution is -2.00. The second-order valence-electron chi connectivity index (χ2n) is 1.88. The van der Waals surface area contributed by atoms with Gasteiger partial charge in [-0.15, -0.1) is 0 Å². The molecule has 3 heteroatoms. The number of aliphatic hydroxyl groups is 2. The third-order valence-electron chi connectivity index (χ3n) is 0.984. The summed E-state index contributed by atoms with van der Waals surface area (Å²) in [5.74, 6) is -0.200. The molecular weight excluding hydrogens is 132 g/mol. The fourth-order valence-electron chi connectivity index (χ4n) is 0.472. The molecule has 0 aromatic carbocycles. The van der Waals surface area contributed by atoms with Crippen molar-refractivity contribution in [3.8, 4) is 0 Å². The zero-order valence-electron chi connectivity index (χ0n) is 5.79. The lowest BCUT2D eigenvalue weighted by Gasteiger charge is -1.87. The monoisotopic (exact) mass is 144 g/mol. The summed E-state index contributed by atoms with van der Waals surface area (Å²) in [5, 5.41) is 16.6. The summed E-state index contributed by atoms with van der Waals surface area (Å²) < 4.78 is 0. The topological polar surface area (TPSA) is 57.5 Å². The van der Waals surface area contributed by atoms with Crippen LogP contribution < -0.4 is 0 Å². The summed E-state index contributed by atoms with van der Waals surface area (Å²) in [5.41, 5.74) is 0. The molecule has 0 aromatic rings. The first-order chi connectivity index (χ1) is 4.81. The van der Waals surface area contributed by atoms with E-state index in [0.717, 1.165) is 0 Å². The van der Waals surface area contributed by atoms with Gasteiger partial charge in [-0.3, -0.25) is 4.79 Å².